The van der Waals surface area contributed by atoms with Gasteiger partial charge in [0.15, 0.2) is 11.5 Å². The molecule has 1 heterocycles. The van der Waals surface area contributed by atoms with Crippen molar-refractivity contribution < 1.29 is 23.9 Å². The van der Waals surface area contributed by atoms with Gasteiger partial charge in [-0.2, -0.15) is 0 Å². The molecular formula is C16H16ClNO5S. The number of carbonyl (C=O) groups is 3. The van der Waals surface area contributed by atoms with Crippen LogP contribution in [0, 0.1) is 0 Å². The summed E-state index contributed by atoms with van der Waals surface area (Å²) in [5, 5.41) is -0.836. The lowest BCUT2D eigenvalue weighted by Gasteiger charge is -2.11. The van der Waals surface area contributed by atoms with E-state index in [1.807, 2.05) is 0 Å². The van der Waals surface area contributed by atoms with Crippen molar-refractivity contribution in [1.29, 1.82) is 0 Å². The number of methoxy groups -OCH3 is 2. The number of carbonyl (C=O) groups excluding carboxylic acids is 3. The predicted molar refractivity (Wildman–Crippen MR) is 92.3 cm³/mol. The normalized spacial score (nSPS) is 16.0. The van der Waals surface area contributed by atoms with Gasteiger partial charge in [0.25, 0.3) is 11.1 Å². The van der Waals surface area contributed by atoms with Crippen molar-refractivity contribution in [2.24, 2.45) is 0 Å². The summed E-state index contributed by atoms with van der Waals surface area (Å²) in [4.78, 5) is 36.4. The van der Waals surface area contributed by atoms with Crippen LogP contribution in [0.15, 0.2) is 23.1 Å². The van der Waals surface area contributed by atoms with Gasteiger partial charge in [-0.25, -0.2) is 0 Å². The number of benzene rings is 1. The van der Waals surface area contributed by atoms with E-state index >= 15 is 0 Å². The second kappa shape index (κ2) is 8.21. The summed E-state index contributed by atoms with van der Waals surface area (Å²) in [6.45, 7) is 0.173. The highest BCUT2D eigenvalue weighted by Gasteiger charge is 2.34. The summed E-state index contributed by atoms with van der Waals surface area (Å²) in [6, 6.07) is 5.21. The fraction of sp³-hybridized carbons (Fsp3) is 0.312. The van der Waals surface area contributed by atoms with Gasteiger partial charge in [-0.3, -0.25) is 19.3 Å². The third-order valence-electron chi connectivity index (χ3n) is 3.33. The fourth-order valence-electron chi connectivity index (χ4n) is 2.16. The summed E-state index contributed by atoms with van der Waals surface area (Å²) in [5.74, 6) is 0.737. The average Bonchev–Trinajstić information content (AvgIpc) is 2.81. The zero-order valence-electron chi connectivity index (χ0n) is 13.2. The Morgan fingerprint density at radius 2 is 1.96 bits per heavy atom. The Morgan fingerprint density at radius 1 is 1.25 bits per heavy atom. The minimum atomic E-state index is -0.483. The molecule has 2 rings (SSSR count). The number of hydrogen-bond donors (Lipinski definition) is 0. The molecule has 8 heteroatoms. The van der Waals surface area contributed by atoms with Crippen LogP contribution in [0.4, 0.5) is 4.79 Å². The second-order valence-corrected chi connectivity index (χ2v) is 6.32. The largest absolute Gasteiger partial charge is 0.493 e. The molecule has 0 aliphatic carbocycles. The van der Waals surface area contributed by atoms with Gasteiger partial charge in [0.2, 0.25) is 5.24 Å². The Labute approximate surface area is 148 Å². The monoisotopic (exact) mass is 369 g/mol. The smallest absolute Gasteiger partial charge is 0.293 e. The first-order chi connectivity index (χ1) is 11.5. The van der Waals surface area contributed by atoms with Crippen LogP contribution in [0.1, 0.15) is 18.4 Å². The van der Waals surface area contributed by atoms with Crippen LogP contribution in [-0.2, 0) is 9.59 Å². The quantitative estimate of drug-likeness (QED) is 0.542. The van der Waals surface area contributed by atoms with Gasteiger partial charge in [0.05, 0.1) is 19.1 Å². The molecular weight excluding hydrogens is 354 g/mol. The summed E-state index contributed by atoms with van der Waals surface area (Å²) in [5.41, 5.74) is 0.717. The molecule has 1 fully saturated rings. The van der Waals surface area contributed by atoms with Crippen LogP contribution >= 0.6 is 23.4 Å². The van der Waals surface area contributed by atoms with E-state index in [-0.39, 0.29) is 24.1 Å². The maximum absolute atomic E-state index is 12.3. The summed E-state index contributed by atoms with van der Waals surface area (Å²) < 4.78 is 10.4. The van der Waals surface area contributed by atoms with E-state index in [1.165, 1.54) is 14.2 Å². The van der Waals surface area contributed by atoms with Crippen molar-refractivity contribution in [3.63, 3.8) is 0 Å². The first-order valence-electron chi connectivity index (χ1n) is 7.12. The number of amides is 2. The molecule has 0 saturated carbocycles. The first-order valence-corrected chi connectivity index (χ1v) is 8.31. The van der Waals surface area contributed by atoms with E-state index in [9.17, 15) is 14.4 Å². The van der Waals surface area contributed by atoms with Gasteiger partial charge in [0.1, 0.15) is 0 Å². The van der Waals surface area contributed by atoms with Gasteiger partial charge in [0, 0.05) is 13.0 Å². The van der Waals surface area contributed by atoms with Crippen molar-refractivity contribution in [3.8, 4) is 11.5 Å². The molecule has 1 aromatic rings. The van der Waals surface area contributed by atoms with Crippen LogP contribution in [0.5, 0.6) is 11.5 Å². The Morgan fingerprint density at radius 3 is 2.58 bits per heavy atom. The highest BCUT2D eigenvalue weighted by molar-refractivity contribution is 8.18. The maximum Gasteiger partial charge on any atom is 0.293 e. The molecule has 24 heavy (non-hydrogen) atoms. The molecule has 0 spiro atoms. The Balaban J connectivity index is 2.14. The molecule has 1 aliphatic heterocycles. The van der Waals surface area contributed by atoms with Crippen LogP contribution in [0.2, 0.25) is 0 Å². The number of thioether (sulfide) groups is 1. The van der Waals surface area contributed by atoms with E-state index in [0.717, 1.165) is 16.7 Å². The van der Waals surface area contributed by atoms with Crippen LogP contribution in [-0.4, -0.2) is 42.1 Å². The van der Waals surface area contributed by atoms with Gasteiger partial charge < -0.3 is 9.47 Å². The molecule has 0 radical (unpaired) electrons. The third-order valence-corrected chi connectivity index (χ3v) is 4.43. The molecule has 0 aromatic heterocycles. The third kappa shape index (κ3) is 4.30. The maximum atomic E-state index is 12.3. The summed E-state index contributed by atoms with van der Waals surface area (Å²) in [6.07, 6.45) is 2.10. The second-order valence-electron chi connectivity index (χ2n) is 4.91. The zero-order chi connectivity index (χ0) is 17.7. The number of nitrogens with zero attached hydrogens (tertiary/aromatic N) is 1. The molecule has 1 saturated heterocycles. The molecule has 6 nitrogen and oxygen atoms in total. The van der Waals surface area contributed by atoms with Crippen molar-refractivity contribution >= 4 is 45.8 Å². The van der Waals surface area contributed by atoms with Gasteiger partial charge >= 0.3 is 0 Å². The number of rotatable bonds is 7. The number of imide groups is 1. The van der Waals surface area contributed by atoms with Crippen LogP contribution < -0.4 is 9.47 Å². The Kier molecular flexibility index (Phi) is 6.28. The zero-order valence-corrected chi connectivity index (χ0v) is 14.8. The van der Waals surface area contributed by atoms with Gasteiger partial charge in [-0.05, 0) is 53.6 Å². The van der Waals surface area contributed by atoms with E-state index in [4.69, 9.17) is 21.1 Å². The van der Waals surface area contributed by atoms with E-state index in [0.29, 0.717) is 28.4 Å². The molecule has 1 aliphatic rings. The minimum Gasteiger partial charge on any atom is -0.493 e. The van der Waals surface area contributed by atoms with E-state index in [2.05, 4.69) is 0 Å². The molecule has 0 N–H and O–H groups in total. The topological polar surface area (TPSA) is 72.9 Å². The van der Waals surface area contributed by atoms with E-state index in [1.54, 1.807) is 24.3 Å². The Bertz CT molecular complexity index is 704. The van der Waals surface area contributed by atoms with Crippen molar-refractivity contribution in [2.45, 2.75) is 12.8 Å². The predicted octanol–water partition coefficient (Wildman–Crippen LogP) is 3.29. The van der Waals surface area contributed by atoms with Crippen LogP contribution in [0.25, 0.3) is 6.08 Å². The summed E-state index contributed by atoms with van der Waals surface area (Å²) >= 11 is 6.13. The molecule has 1 aromatic carbocycles. The lowest BCUT2D eigenvalue weighted by Crippen LogP contribution is -2.29. The number of hydrogen-bond acceptors (Lipinski definition) is 6. The standard InChI is InChI=1S/C16H16ClNO5S/c1-22-11-6-5-10(8-12(11)23-2)9-13-15(20)18(16(21)24-13)7-3-4-14(17)19/h5-6,8-9H,3-4,7H2,1-2H3. The fourth-order valence-corrected chi connectivity index (χ4v) is 3.16. The van der Waals surface area contributed by atoms with Gasteiger partial charge in [-0.15, -0.1) is 0 Å². The molecule has 2 amide bonds. The van der Waals surface area contributed by atoms with E-state index < -0.39 is 5.24 Å². The molecule has 0 unspecified atom stereocenters. The lowest BCUT2D eigenvalue weighted by atomic mass is 10.2. The SMILES string of the molecule is COc1ccc(C=C2SC(=O)N(CCCC(=O)Cl)C2=O)cc1OC. The highest BCUT2D eigenvalue weighted by atomic mass is 35.5. The minimum absolute atomic E-state index is 0.123. The lowest BCUT2D eigenvalue weighted by molar-refractivity contribution is -0.123. The first kappa shape index (κ1) is 18.4. The molecule has 128 valence electrons. The number of halogens is 1. The molecule has 0 atom stereocenters. The van der Waals surface area contributed by atoms with Crippen molar-refractivity contribution in [3.05, 3.63) is 28.7 Å². The Hall–Kier alpha value is -1.99. The van der Waals surface area contributed by atoms with Crippen LogP contribution in [0.3, 0.4) is 0 Å². The highest BCUT2D eigenvalue weighted by Crippen LogP contribution is 2.34. The summed E-state index contributed by atoms with van der Waals surface area (Å²) in [7, 11) is 3.06. The van der Waals surface area contributed by atoms with Gasteiger partial charge in [-0.1, -0.05) is 6.07 Å². The van der Waals surface area contributed by atoms with Crippen molar-refractivity contribution in [1.82, 2.24) is 4.90 Å². The average molecular weight is 370 g/mol. The molecule has 0 bridgehead atoms. The van der Waals surface area contributed by atoms with Crippen molar-refractivity contribution in [2.75, 3.05) is 20.8 Å². The number of ether oxygens (including phenoxy) is 2.